The Morgan fingerprint density at radius 2 is 1.67 bits per heavy atom. The van der Waals surface area contributed by atoms with E-state index in [2.05, 4.69) is 0 Å². The van der Waals surface area contributed by atoms with Gasteiger partial charge in [0.05, 0.1) is 32.0 Å². The van der Waals surface area contributed by atoms with Gasteiger partial charge in [-0.2, -0.15) is 4.31 Å². The number of halogens is 1. The Morgan fingerprint density at radius 1 is 1.00 bits per heavy atom. The van der Waals surface area contributed by atoms with E-state index in [-0.39, 0.29) is 36.1 Å². The molecule has 2 aromatic carbocycles. The summed E-state index contributed by atoms with van der Waals surface area (Å²) in [5.74, 6) is 1.77. The van der Waals surface area contributed by atoms with Crippen molar-refractivity contribution in [1.29, 1.82) is 0 Å². The van der Waals surface area contributed by atoms with E-state index in [0.717, 1.165) is 47.5 Å². The first kappa shape index (κ1) is 29.2. The molecule has 5 saturated carbocycles. The third-order valence-corrected chi connectivity index (χ3v) is 12.3. The summed E-state index contributed by atoms with van der Waals surface area (Å²) in [5, 5.41) is 0. The van der Waals surface area contributed by atoms with Gasteiger partial charge in [0.1, 0.15) is 23.1 Å². The minimum atomic E-state index is -3.92. The SMILES string of the molecule is COc1ccc(CO[C@H]2CCN(S(=O)(=O)CC(=O)c3cc(C4CC4)c(OCC45CC6CC(CC(C6)C4)C5)cc3F)C2)cc1. The van der Waals surface area contributed by atoms with Gasteiger partial charge in [0.15, 0.2) is 5.78 Å². The van der Waals surface area contributed by atoms with E-state index >= 15 is 4.39 Å². The summed E-state index contributed by atoms with van der Waals surface area (Å²) in [6, 6.07) is 10.4. The third kappa shape index (κ3) is 6.22. The first-order valence-electron chi connectivity index (χ1n) is 15.9. The quantitative estimate of drug-likeness (QED) is 0.270. The smallest absolute Gasteiger partial charge is 0.221 e. The maximum Gasteiger partial charge on any atom is 0.221 e. The van der Waals surface area contributed by atoms with Crippen molar-refractivity contribution in [2.24, 2.45) is 23.2 Å². The lowest BCUT2D eigenvalue weighted by molar-refractivity contribution is -0.0747. The van der Waals surface area contributed by atoms with E-state index in [1.54, 1.807) is 13.2 Å². The molecule has 8 rings (SSSR count). The summed E-state index contributed by atoms with van der Waals surface area (Å²) in [4.78, 5) is 13.2. The van der Waals surface area contributed by atoms with E-state index in [9.17, 15) is 13.2 Å². The molecular weight excluding hydrogens is 569 g/mol. The van der Waals surface area contributed by atoms with Gasteiger partial charge in [-0.25, -0.2) is 12.8 Å². The topological polar surface area (TPSA) is 82.1 Å². The number of rotatable bonds is 12. The molecular formula is C34H42FNO6S. The van der Waals surface area contributed by atoms with Gasteiger partial charge in [0.2, 0.25) is 10.0 Å². The minimum Gasteiger partial charge on any atom is -0.497 e. The molecule has 6 aliphatic rings. The lowest BCUT2D eigenvalue weighted by Gasteiger charge is -2.56. The van der Waals surface area contributed by atoms with Crippen LogP contribution in [0.25, 0.3) is 0 Å². The highest BCUT2D eigenvalue weighted by Crippen LogP contribution is 2.60. The predicted octanol–water partition coefficient (Wildman–Crippen LogP) is 6.11. The molecule has 0 N–H and O–H groups in total. The molecule has 9 heteroatoms. The second-order valence-corrected chi connectivity index (χ2v) is 15.9. The van der Waals surface area contributed by atoms with Gasteiger partial charge < -0.3 is 14.2 Å². The molecule has 4 bridgehead atoms. The maximum atomic E-state index is 15.4. The van der Waals surface area contributed by atoms with Crippen molar-refractivity contribution in [1.82, 2.24) is 4.31 Å². The van der Waals surface area contributed by atoms with Gasteiger partial charge in [-0.1, -0.05) is 12.1 Å². The molecule has 1 atom stereocenters. The van der Waals surface area contributed by atoms with Gasteiger partial charge in [0.25, 0.3) is 0 Å². The van der Waals surface area contributed by atoms with Crippen molar-refractivity contribution in [3.8, 4) is 11.5 Å². The molecule has 1 saturated heterocycles. The van der Waals surface area contributed by atoms with Crippen molar-refractivity contribution in [2.45, 2.75) is 76.4 Å². The fourth-order valence-corrected chi connectivity index (χ4v) is 10.1. The van der Waals surface area contributed by atoms with E-state index < -0.39 is 27.4 Å². The molecule has 0 aromatic heterocycles. The summed E-state index contributed by atoms with van der Waals surface area (Å²) in [6.45, 7) is 1.41. The second kappa shape index (κ2) is 11.5. The van der Waals surface area contributed by atoms with E-state index in [1.165, 1.54) is 48.9 Å². The van der Waals surface area contributed by atoms with Crippen molar-refractivity contribution in [3.05, 3.63) is 58.9 Å². The van der Waals surface area contributed by atoms with E-state index in [0.29, 0.717) is 25.4 Å². The van der Waals surface area contributed by atoms with Crippen LogP contribution in [0.3, 0.4) is 0 Å². The van der Waals surface area contributed by atoms with Crippen LogP contribution >= 0.6 is 0 Å². The Labute approximate surface area is 254 Å². The fraction of sp³-hybridized carbons (Fsp3) is 0.618. The molecule has 232 valence electrons. The van der Waals surface area contributed by atoms with E-state index in [4.69, 9.17) is 14.2 Å². The zero-order valence-corrected chi connectivity index (χ0v) is 25.7. The number of ether oxygens (including phenoxy) is 3. The Kier molecular flexibility index (Phi) is 7.79. The molecule has 1 aliphatic heterocycles. The average Bonchev–Trinajstić information content (AvgIpc) is 3.70. The molecule has 0 spiro atoms. The van der Waals surface area contributed by atoms with Gasteiger partial charge in [-0.05, 0) is 111 Å². The molecule has 0 unspecified atom stereocenters. The van der Waals surface area contributed by atoms with Gasteiger partial charge in [-0.15, -0.1) is 0 Å². The Bertz CT molecular complexity index is 1440. The Morgan fingerprint density at radius 3 is 2.30 bits per heavy atom. The number of benzene rings is 2. The number of carbonyl (C=O) groups excluding carboxylic acids is 1. The number of Topliss-reactive ketones (excluding diaryl/α,β-unsaturated/α-hetero) is 1. The molecule has 0 amide bonds. The Balaban J connectivity index is 0.983. The van der Waals surface area contributed by atoms with Crippen LogP contribution < -0.4 is 9.47 Å². The fourth-order valence-electron chi connectivity index (χ4n) is 8.68. The number of hydrogen-bond donors (Lipinski definition) is 0. The summed E-state index contributed by atoms with van der Waals surface area (Å²) >= 11 is 0. The lowest BCUT2D eigenvalue weighted by Crippen LogP contribution is -2.48. The van der Waals surface area contributed by atoms with Crippen LogP contribution in [-0.2, 0) is 21.4 Å². The highest BCUT2D eigenvalue weighted by atomic mass is 32.2. The highest BCUT2D eigenvalue weighted by molar-refractivity contribution is 7.89. The molecule has 1 heterocycles. The van der Waals surface area contributed by atoms with Crippen molar-refractivity contribution < 1.29 is 31.8 Å². The van der Waals surface area contributed by atoms with Crippen LogP contribution in [0.1, 0.15) is 85.2 Å². The third-order valence-electron chi connectivity index (χ3n) is 10.6. The van der Waals surface area contributed by atoms with Gasteiger partial charge >= 0.3 is 0 Å². The van der Waals surface area contributed by atoms with Gasteiger partial charge in [0, 0.05) is 24.6 Å². The second-order valence-electron chi connectivity index (χ2n) is 14.0. The maximum absolute atomic E-state index is 15.4. The number of sulfonamides is 1. The Hall–Kier alpha value is -2.49. The number of ketones is 1. The molecule has 5 aliphatic carbocycles. The van der Waals surface area contributed by atoms with Crippen molar-refractivity contribution in [3.63, 3.8) is 0 Å². The average molecular weight is 612 g/mol. The predicted molar refractivity (Wildman–Crippen MR) is 160 cm³/mol. The summed E-state index contributed by atoms with van der Waals surface area (Å²) < 4.78 is 60.7. The van der Waals surface area contributed by atoms with Crippen LogP contribution in [-0.4, -0.2) is 57.2 Å². The normalized spacial score (nSPS) is 30.1. The molecule has 2 aromatic rings. The summed E-state index contributed by atoms with van der Waals surface area (Å²) in [5.41, 5.74) is 1.85. The monoisotopic (exact) mass is 611 g/mol. The van der Waals surface area contributed by atoms with Crippen molar-refractivity contribution in [2.75, 3.05) is 32.6 Å². The first-order chi connectivity index (χ1) is 20.7. The summed E-state index contributed by atoms with van der Waals surface area (Å²) in [6.07, 6.45) is 9.90. The first-order valence-corrected chi connectivity index (χ1v) is 17.5. The largest absolute Gasteiger partial charge is 0.497 e. The molecule has 7 nitrogen and oxygen atoms in total. The van der Waals surface area contributed by atoms with Crippen molar-refractivity contribution >= 4 is 15.8 Å². The number of hydrogen-bond acceptors (Lipinski definition) is 6. The summed E-state index contributed by atoms with van der Waals surface area (Å²) in [7, 11) is -2.31. The van der Waals surface area contributed by atoms with Crippen LogP contribution in [0.2, 0.25) is 0 Å². The lowest BCUT2D eigenvalue weighted by atomic mass is 9.50. The standard InChI is InChI=1S/C34H42FNO6S/c1-40-27-6-2-22(3-7-27)19-41-28-8-9-36(18-28)43(38,39)20-32(37)30-13-29(26-4-5-26)33(14-31(30)35)42-21-34-15-23-10-24(16-34)12-25(11-23)17-34/h2-3,6-7,13-14,23-26,28H,4-5,8-12,15-21H2,1H3/t23?,24?,25?,28-,34?/m0/s1. The highest BCUT2D eigenvalue weighted by Gasteiger charge is 2.51. The van der Waals surface area contributed by atoms with E-state index in [1.807, 2.05) is 24.3 Å². The molecule has 0 radical (unpaired) electrons. The van der Waals surface area contributed by atoms with Crippen LogP contribution in [0.5, 0.6) is 11.5 Å². The van der Waals surface area contributed by atoms with Crippen LogP contribution in [0.4, 0.5) is 4.39 Å². The zero-order chi connectivity index (χ0) is 29.8. The molecule has 43 heavy (non-hydrogen) atoms. The van der Waals surface area contributed by atoms with Crippen LogP contribution in [0, 0.1) is 29.0 Å². The molecule has 6 fully saturated rings. The van der Waals surface area contributed by atoms with Crippen LogP contribution in [0.15, 0.2) is 36.4 Å². The minimum absolute atomic E-state index is 0.154. The van der Waals surface area contributed by atoms with Gasteiger partial charge in [-0.3, -0.25) is 4.79 Å². The zero-order valence-electron chi connectivity index (χ0n) is 24.9. The number of carbonyl (C=O) groups is 1. The number of nitrogens with zero attached hydrogens (tertiary/aromatic N) is 1. The number of methoxy groups -OCH3 is 1.